The van der Waals surface area contributed by atoms with Crippen LogP contribution in [0.15, 0.2) is 17.0 Å². The van der Waals surface area contributed by atoms with Gasteiger partial charge in [0.05, 0.1) is 4.90 Å². The first-order valence-corrected chi connectivity index (χ1v) is 6.07. The molecule has 0 aliphatic carbocycles. The van der Waals surface area contributed by atoms with Gasteiger partial charge >= 0.3 is 0 Å². The molecule has 82 valence electrons. The second-order valence-corrected chi connectivity index (χ2v) is 4.32. The Bertz CT molecular complexity index is 365. The summed E-state index contributed by atoms with van der Waals surface area (Å²) in [4.78, 5) is 1.08. The number of aliphatic hydroxyl groups excluding tert-OH is 1. The van der Waals surface area contributed by atoms with E-state index in [-0.39, 0.29) is 12.5 Å². The molecule has 0 aromatic heterocycles. The van der Waals surface area contributed by atoms with E-state index in [2.05, 4.69) is 0 Å². The predicted molar refractivity (Wildman–Crippen MR) is 59.8 cm³/mol. The molecular formula is C11H14O3S. The van der Waals surface area contributed by atoms with Gasteiger partial charge in [-0.25, -0.2) is 0 Å². The fraction of sp³-hybridized carbons (Fsp3) is 0.455. The van der Waals surface area contributed by atoms with E-state index in [0.717, 1.165) is 22.0 Å². The molecule has 1 aromatic carbocycles. The summed E-state index contributed by atoms with van der Waals surface area (Å²) >= 11 is 1.63. The number of hydrogen-bond acceptors (Lipinski definition) is 4. The second kappa shape index (κ2) is 4.33. The van der Waals surface area contributed by atoms with Crippen molar-refractivity contribution in [2.45, 2.75) is 17.7 Å². The van der Waals surface area contributed by atoms with Crippen molar-refractivity contribution in [3.05, 3.63) is 17.7 Å². The highest BCUT2D eigenvalue weighted by molar-refractivity contribution is 7.98. The highest BCUT2D eigenvalue weighted by Gasteiger charge is 2.22. The molecule has 1 aromatic rings. The SMILES string of the molecule is CSc1c(C(C)CO)ccc2c1OCO2. The summed E-state index contributed by atoms with van der Waals surface area (Å²) in [6.45, 7) is 2.43. The number of rotatable bonds is 3. The minimum Gasteiger partial charge on any atom is -0.454 e. The van der Waals surface area contributed by atoms with Crippen LogP contribution in [-0.4, -0.2) is 24.8 Å². The van der Waals surface area contributed by atoms with Crippen LogP contribution in [-0.2, 0) is 0 Å². The normalized spacial score (nSPS) is 15.4. The molecule has 0 spiro atoms. The van der Waals surface area contributed by atoms with Gasteiger partial charge in [0.15, 0.2) is 11.5 Å². The molecule has 0 amide bonds. The van der Waals surface area contributed by atoms with Crippen molar-refractivity contribution in [2.24, 2.45) is 0 Å². The van der Waals surface area contributed by atoms with Gasteiger partial charge in [-0.05, 0) is 17.9 Å². The number of aliphatic hydroxyl groups is 1. The Kier molecular flexibility index (Phi) is 3.07. The van der Waals surface area contributed by atoms with Crippen LogP contribution in [0.1, 0.15) is 18.4 Å². The zero-order valence-electron chi connectivity index (χ0n) is 8.82. The van der Waals surface area contributed by atoms with Crippen LogP contribution >= 0.6 is 11.8 Å². The van der Waals surface area contributed by atoms with Crippen LogP contribution in [0.25, 0.3) is 0 Å². The van der Waals surface area contributed by atoms with Crippen molar-refractivity contribution in [3.8, 4) is 11.5 Å². The second-order valence-electron chi connectivity index (χ2n) is 3.51. The lowest BCUT2D eigenvalue weighted by atomic mass is 10.0. The maximum absolute atomic E-state index is 9.18. The molecule has 2 rings (SSSR count). The summed E-state index contributed by atoms with van der Waals surface area (Å²) in [5, 5.41) is 9.18. The fourth-order valence-corrected chi connectivity index (χ4v) is 2.51. The molecule has 3 nitrogen and oxygen atoms in total. The lowest BCUT2D eigenvalue weighted by molar-refractivity contribution is 0.172. The standard InChI is InChI=1S/C11H14O3S/c1-7(5-12)8-3-4-9-10(11(8)15-2)14-6-13-9/h3-4,7,12H,5-6H2,1-2H3. The smallest absolute Gasteiger partial charge is 0.231 e. The molecule has 0 radical (unpaired) electrons. The minimum atomic E-state index is 0.127. The summed E-state index contributed by atoms with van der Waals surface area (Å²) in [5.74, 6) is 1.75. The van der Waals surface area contributed by atoms with Gasteiger partial charge in [0, 0.05) is 12.5 Å². The molecule has 1 aliphatic rings. The summed E-state index contributed by atoms with van der Waals surface area (Å²) < 4.78 is 10.7. The van der Waals surface area contributed by atoms with Gasteiger partial charge < -0.3 is 14.6 Å². The van der Waals surface area contributed by atoms with Crippen molar-refractivity contribution in [1.29, 1.82) is 0 Å². The Balaban J connectivity index is 2.48. The van der Waals surface area contributed by atoms with Crippen LogP contribution in [0.2, 0.25) is 0 Å². The Morgan fingerprint density at radius 2 is 2.27 bits per heavy atom. The molecule has 1 aliphatic heterocycles. The van der Waals surface area contributed by atoms with E-state index in [1.54, 1.807) is 11.8 Å². The van der Waals surface area contributed by atoms with Crippen molar-refractivity contribution < 1.29 is 14.6 Å². The van der Waals surface area contributed by atoms with Crippen molar-refractivity contribution in [2.75, 3.05) is 19.7 Å². The monoisotopic (exact) mass is 226 g/mol. The quantitative estimate of drug-likeness (QED) is 0.802. The average molecular weight is 226 g/mol. The van der Waals surface area contributed by atoms with Crippen molar-refractivity contribution >= 4 is 11.8 Å². The predicted octanol–water partition coefficient (Wildman–Crippen LogP) is 2.23. The summed E-state index contributed by atoms with van der Waals surface area (Å²) in [6, 6.07) is 3.91. The molecule has 0 saturated carbocycles. The average Bonchev–Trinajstić information content (AvgIpc) is 2.74. The van der Waals surface area contributed by atoms with E-state index in [9.17, 15) is 5.11 Å². The number of hydrogen-bond donors (Lipinski definition) is 1. The molecule has 15 heavy (non-hydrogen) atoms. The number of ether oxygens (including phenoxy) is 2. The van der Waals surface area contributed by atoms with Crippen LogP contribution < -0.4 is 9.47 Å². The largest absolute Gasteiger partial charge is 0.454 e. The number of thioether (sulfide) groups is 1. The molecule has 0 fully saturated rings. The van der Waals surface area contributed by atoms with E-state index < -0.39 is 0 Å². The van der Waals surface area contributed by atoms with Crippen LogP contribution in [0.3, 0.4) is 0 Å². The van der Waals surface area contributed by atoms with E-state index >= 15 is 0 Å². The van der Waals surface area contributed by atoms with Crippen LogP contribution in [0.5, 0.6) is 11.5 Å². The first kappa shape index (κ1) is 10.6. The Labute approximate surface area is 93.4 Å². The van der Waals surface area contributed by atoms with Crippen LogP contribution in [0.4, 0.5) is 0 Å². The fourth-order valence-electron chi connectivity index (χ4n) is 1.66. The number of fused-ring (bicyclic) bond motifs is 1. The van der Waals surface area contributed by atoms with Crippen molar-refractivity contribution in [1.82, 2.24) is 0 Å². The zero-order valence-corrected chi connectivity index (χ0v) is 9.63. The maximum atomic E-state index is 9.18. The van der Waals surface area contributed by atoms with Gasteiger partial charge in [-0.3, -0.25) is 0 Å². The molecule has 1 unspecified atom stereocenters. The van der Waals surface area contributed by atoms with E-state index in [4.69, 9.17) is 9.47 Å². The maximum Gasteiger partial charge on any atom is 0.231 e. The third-order valence-corrected chi connectivity index (χ3v) is 3.36. The van der Waals surface area contributed by atoms with E-state index in [1.807, 2.05) is 25.3 Å². The van der Waals surface area contributed by atoms with E-state index in [1.165, 1.54) is 0 Å². The zero-order chi connectivity index (χ0) is 10.8. The third-order valence-electron chi connectivity index (χ3n) is 2.53. The van der Waals surface area contributed by atoms with Gasteiger partial charge in [-0.1, -0.05) is 13.0 Å². The van der Waals surface area contributed by atoms with Gasteiger partial charge in [0.2, 0.25) is 6.79 Å². The molecule has 4 heteroatoms. The van der Waals surface area contributed by atoms with Gasteiger partial charge in [-0.15, -0.1) is 11.8 Å². The summed E-state index contributed by atoms with van der Waals surface area (Å²) in [6.07, 6.45) is 2.00. The molecular weight excluding hydrogens is 212 g/mol. The molecule has 1 N–H and O–H groups in total. The highest BCUT2D eigenvalue weighted by atomic mass is 32.2. The number of benzene rings is 1. The topological polar surface area (TPSA) is 38.7 Å². The first-order chi connectivity index (χ1) is 7.27. The van der Waals surface area contributed by atoms with Crippen molar-refractivity contribution in [3.63, 3.8) is 0 Å². The Hall–Kier alpha value is -0.870. The van der Waals surface area contributed by atoms with E-state index in [0.29, 0.717) is 6.79 Å². The summed E-state index contributed by atoms with van der Waals surface area (Å²) in [5.41, 5.74) is 1.12. The van der Waals surface area contributed by atoms with Gasteiger partial charge in [0.25, 0.3) is 0 Å². The Morgan fingerprint density at radius 3 is 2.93 bits per heavy atom. The molecule has 0 bridgehead atoms. The Morgan fingerprint density at radius 1 is 1.47 bits per heavy atom. The summed E-state index contributed by atoms with van der Waals surface area (Å²) in [7, 11) is 0. The van der Waals surface area contributed by atoms with Crippen LogP contribution in [0, 0.1) is 0 Å². The minimum absolute atomic E-state index is 0.127. The van der Waals surface area contributed by atoms with Gasteiger partial charge in [0.1, 0.15) is 0 Å². The highest BCUT2D eigenvalue weighted by Crippen LogP contribution is 2.44. The molecule has 1 atom stereocenters. The lowest BCUT2D eigenvalue weighted by Crippen LogP contribution is -2.01. The first-order valence-electron chi connectivity index (χ1n) is 4.85. The molecule has 0 saturated heterocycles. The van der Waals surface area contributed by atoms with Gasteiger partial charge in [-0.2, -0.15) is 0 Å². The lowest BCUT2D eigenvalue weighted by Gasteiger charge is -2.14. The third kappa shape index (κ3) is 1.79. The molecule has 1 heterocycles.